The highest BCUT2D eigenvalue weighted by Gasteiger charge is 2.20. The first-order chi connectivity index (χ1) is 9.27. The molecule has 0 saturated heterocycles. The second-order valence-corrected chi connectivity index (χ2v) is 5.91. The van der Waals surface area contributed by atoms with Crippen LogP contribution in [0.4, 0.5) is 18.9 Å². The summed E-state index contributed by atoms with van der Waals surface area (Å²) in [6.45, 7) is 0.806. The highest BCUT2D eigenvalue weighted by atomic mass is 32.2. The maximum absolute atomic E-state index is 13.4. The van der Waals surface area contributed by atoms with Gasteiger partial charge in [0.15, 0.2) is 11.6 Å². The number of hydrogen-bond donors (Lipinski definition) is 2. The summed E-state index contributed by atoms with van der Waals surface area (Å²) in [6.07, 6.45) is 0.550. The van der Waals surface area contributed by atoms with E-state index < -0.39 is 33.3 Å². The van der Waals surface area contributed by atoms with Crippen molar-refractivity contribution in [3.05, 3.63) is 29.6 Å². The van der Waals surface area contributed by atoms with Crippen molar-refractivity contribution in [2.75, 3.05) is 31.9 Å². The fraction of sp³-hybridized carbons (Fsp3) is 0.455. The quantitative estimate of drug-likeness (QED) is 0.589. The molecule has 5 nitrogen and oxygen atoms in total. The molecule has 0 aliphatic heterocycles. The molecule has 114 valence electrons. The van der Waals surface area contributed by atoms with Gasteiger partial charge in [-0.05, 0) is 20.0 Å². The van der Waals surface area contributed by atoms with Crippen molar-refractivity contribution in [2.45, 2.75) is 6.42 Å². The molecule has 0 amide bonds. The van der Waals surface area contributed by atoms with Gasteiger partial charge in [0, 0.05) is 25.7 Å². The molecule has 1 rings (SSSR count). The first kappa shape index (κ1) is 16.7. The number of anilines is 1. The van der Waals surface area contributed by atoms with Crippen LogP contribution in [0.15, 0.2) is 12.1 Å². The maximum Gasteiger partial charge on any atom is 0.301 e. The molecule has 0 saturated carbocycles. The van der Waals surface area contributed by atoms with E-state index in [0.29, 0.717) is 19.0 Å². The van der Waals surface area contributed by atoms with Crippen molar-refractivity contribution in [3.8, 4) is 0 Å². The number of halogens is 3. The van der Waals surface area contributed by atoms with Crippen molar-refractivity contribution < 1.29 is 21.6 Å². The molecule has 0 fully saturated rings. The SMILES string of the molecule is CNCCCN(C)S(=O)(=O)Nc1cc(F)c(F)cc1F. The lowest BCUT2D eigenvalue weighted by Crippen LogP contribution is -2.34. The van der Waals surface area contributed by atoms with E-state index in [-0.39, 0.29) is 12.6 Å². The van der Waals surface area contributed by atoms with E-state index in [1.165, 1.54) is 7.05 Å². The van der Waals surface area contributed by atoms with Gasteiger partial charge in [-0.2, -0.15) is 12.7 Å². The van der Waals surface area contributed by atoms with Gasteiger partial charge in [-0.15, -0.1) is 0 Å². The van der Waals surface area contributed by atoms with Gasteiger partial charge in [-0.25, -0.2) is 13.2 Å². The average molecular weight is 311 g/mol. The fourth-order valence-electron chi connectivity index (χ4n) is 1.42. The first-order valence-corrected chi connectivity index (χ1v) is 7.25. The Hall–Kier alpha value is -1.32. The van der Waals surface area contributed by atoms with Crippen molar-refractivity contribution >= 4 is 15.9 Å². The lowest BCUT2D eigenvalue weighted by molar-refractivity contribution is 0.461. The van der Waals surface area contributed by atoms with Crippen LogP contribution >= 0.6 is 0 Å². The molecule has 0 atom stereocenters. The zero-order valence-electron chi connectivity index (χ0n) is 11.1. The summed E-state index contributed by atoms with van der Waals surface area (Å²) >= 11 is 0. The highest BCUT2D eigenvalue weighted by Crippen LogP contribution is 2.20. The Balaban J connectivity index is 2.83. The van der Waals surface area contributed by atoms with E-state index in [1.807, 2.05) is 4.72 Å². The molecule has 1 aromatic rings. The monoisotopic (exact) mass is 311 g/mol. The molecule has 0 unspecified atom stereocenters. The molecule has 0 spiro atoms. The van der Waals surface area contributed by atoms with Gasteiger partial charge >= 0.3 is 10.2 Å². The lowest BCUT2D eigenvalue weighted by Gasteiger charge is -2.18. The number of hydrogen-bond acceptors (Lipinski definition) is 3. The molecule has 1 aromatic carbocycles. The van der Waals surface area contributed by atoms with Crippen molar-refractivity contribution in [1.29, 1.82) is 0 Å². The third kappa shape index (κ3) is 4.36. The minimum atomic E-state index is -4.02. The molecule has 9 heteroatoms. The van der Waals surface area contributed by atoms with Crippen molar-refractivity contribution in [1.82, 2.24) is 9.62 Å². The Morgan fingerprint density at radius 3 is 2.35 bits per heavy atom. The Morgan fingerprint density at radius 1 is 1.15 bits per heavy atom. The zero-order valence-corrected chi connectivity index (χ0v) is 11.9. The number of nitrogens with one attached hydrogen (secondary N) is 2. The van der Waals surface area contributed by atoms with Gasteiger partial charge in [-0.1, -0.05) is 0 Å². The summed E-state index contributed by atoms with van der Waals surface area (Å²) in [5, 5.41) is 2.85. The van der Waals surface area contributed by atoms with Gasteiger partial charge in [0.25, 0.3) is 0 Å². The molecule has 0 bridgehead atoms. The van der Waals surface area contributed by atoms with E-state index in [0.717, 1.165) is 4.31 Å². The second-order valence-electron chi connectivity index (χ2n) is 4.13. The molecule has 0 aliphatic rings. The lowest BCUT2D eigenvalue weighted by atomic mass is 10.3. The van der Waals surface area contributed by atoms with Crippen LogP contribution in [0.5, 0.6) is 0 Å². The van der Waals surface area contributed by atoms with E-state index in [4.69, 9.17) is 0 Å². The van der Waals surface area contributed by atoms with Crippen LogP contribution in [-0.4, -0.2) is 39.9 Å². The largest absolute Gasteiger partial charge is 0.320 e. The predicted molar refractivity (Wildman–Crippen MR) is 70.0 cm³/mol. The summed E-state index contributed by atoms with van der Waals surface area (Å²) in [7, 11) is -0.992. The molecule has 2 N–H and O–H groups in total. The smallest absolute Gasteiger partial charge is 0.301 e. The van der Waals surface area contributed by atoms with Gasteiger partial charge in [0.05, 0.1) is 5.69 Å². The second kappa shape index (κ2) is 6.91. The summed E-state index contributed by atoms with van der Waals surface area (Å²) < 4.78 is 65.7. The van der Waals surface area contributed by atoms with Crippen molar-refractivity contribution in [3.63, 3.8) is 0 Å². The number of rotatable bonds is 7. The van der Waals surface area contributed by atoms with Crippen LogP contribution in [0.1, 0.15) is 6.42 Å². The van der Waals surface area contributed by atoms with Gasteiger partial charge in [0.1, 0.15) is 5.82 Å². The Labute approximate surface area is 116 Å². The summed E-state index contributed by atoms with van der Waals surface area (Å²) in [5.74, 6) is -3.90. The topological polar surface area (TPSA) is 61.4 Å². The van der Waals surface area contributed by atoms with Crippen LogP contribution in [-0.2, 0) is 10.2 Å². The standard InChI is InChI=1S/C11H16F3N3O2S/c1-15-4-3-5-17(2)20(18,19)16-11-7-9(13)8(12)6-10(11)14/h6-7,15-16H,3-5H2,1-2H3. The summed E-state index contributed by atoms with van der Waals surface area (Å²) in [4.78, 5) is 0. The molecule has 0 aromatic heterocycles. The summed E-state index contributed by atoms with van der Waals surface area (Å²) in [6, 6.07) is 0.748. The third-order valence-electron chi connectivity index (χ3n) is 2.56. The van der Waals surface area contributed by atoms with Crippen LogP contribution in [0, 0.1) is 17.5 Å². The fourth-order valence-corrected chi connectivity index (χ4v) is 2.38. The summed E-state index contributed by atoms with van der Waals surface area (Å²) in [5.41, 5.74) is -0.635. The molecule has 0 aliphatic carbocycles. The van der Waals surface area contributed by atoms with E-state index >= 15 is 0 Å². The Bertz CT molecular complexity index is 566. The van der Waals surface area contributed by atoms with Crippen molar-refractivity contribution in [2.24, 2.45) is 0 Å². The first-order valence-electron chi connectivity index (χ1n) is 5.81. The molecule has 0 heterocycles. The minimum absolute atomic E-state index is 0.196. The van der Waals surface area contributed by atoms with Crippen LogP contribution < -0.4 is 10.0 Å². The van der Waals surface area contributed by atoms with E-state index in [1.54, 1.807) is 7.05 Å². The van der Waals surface area contributed by atoms with Gasteiger partial charge < -0.3 is 5.32 Å². The Morgan fingerprint density at radius 2 is 1.75 bits per heavy atom. The average Bonchev–Trinajstić information content (AvgIpc) is 2.35. The Kier molecular flexibility index (Phi) is 5.78. The minimum Gasteiger partial charge on any atom is -0.320 e. The zero-order chi connectivity index (χ0) is 15.3. The molecule has 20 heavy (non-hydrogen) atoms. The third-order valence-corrected chi connectivity index (χ3v) is 4.04. The van der Waals surface area contributed by atoms with Gasteiger partial charge in [0.2, 0.25) is 0 Å². The molecule has 0 radical (unpaired) electrons. The molecular formula is C11H16F3N3O2S. The predicted octanol–water partition coefficient (Wildman–Crippen LogP) is 1.30. The number of benzene rings is 1. The normalized spacial score (nSPS) is 11.9. The maximum atomic E-state index is 13.4. The molecular weight excluding hydrogens is 295 g/mol. The van der Waals surface area contributed by atoms with Crippen LogP contribution in [0.3, 0.4) is 0 Å². The van der Waals surface area contributed by atoms with E-state index in [2.05, 4.69) is 5.32 Å². The van der Waals surface area contributed by atoms with Gasteiger partial charge in [-0.3, -0.25) is 4.72 Å². The van der Waals surface area contributed by atoms with Crippen LogP contribution in [0.2, 0.25) is 0 Å². The van der Waals surface area contributed by atoms with E-state index in [9.17, 15) is 21.6 Å². The number of nitrogens with zero attached hydrogens (tertiary/aromatic N) is 1. The highest BCUT2D eigenvalue weighted by molar-refractivity contribution is 7.90. The van der Waals surface area contributed by atoms with Crippen LogP contribution in [0.25, 0.3) is 0 Å².